The molecule has 0 amide bonds. The van der Waals surface area contributed by atoms with Crippen molar-refractivity contribution in [3.05, 3.63) is 35.9 Å². The summed E-state index contributed by atoms with van der Waals surface area (Å²) in [5.41, 5.74) is 2.59. The van der Waals surface area contributed by atoms with E-state index >= 15 is 0 Å². The monoisotopic (exact) mass is 296 g/mol. The summed E-state index contributed by atoms with van der Waals surface area (Å²) in [5.74, 6) is 1.94. The molecule has 0 bridgehead atoms. The van der Waals surface area contributed by atoms with Crippen LogP contribution in [0.4, 0.5) is 11.6 Å². The van der Waals surface area contributed by atoms with Gasteiger partial charge in [0.25, 0.3) is 0 Å². The molecule has 2 aliphatic rings. The summed E-state index contributed by atoms with van der Waals surface area (Å²) in [6, 6.07) is 2.69. The minimum absolute atomic E-state index is 0.453. The minimum Gasteiger partial charge on any atom is -0.352 e. The van der Waals surface area contributed by atoms with Crippen LogP contribution in [0.3, 0.4) is 0 Å². The number of hydrogen-bond donors (Lipinski definition) is 0. The van der Waals surface area contributed by atoms with E-state index in [0.29, 0.717) is 6.04 Å². The highest BCUT2D eigenvalue weighted by Crippen LogP contribution is 2.26. The Morgan fingerprint density at radius 1 is 1.14 bits per heavy atom. The normalized spacial score (nSPS) is 17.8. The molecule has 6 heteroatoms. The molecule has 0 saturated carbocycles. The summed E-state index contributed by atoms with van der Waals surface area (Å²) in [7, 11) is 2.07. The number of hydrogen-bond acceptors (Lipinski definition) is 6. The molecule has 22 heavy (non-hydrogen) atoms. The van der Waals surface area contributed by atoms with Crippen LogP contribution < -0.4 is 9.80 Å². The molecule has 0 unspecified atom stereocenters. The van der Waals surface area contributed by atoms with Gasteiger partial charge in [0.15, 0.2) is 5.82 Å². The van der Waals surface area contributed by atoms with Crippen LogP contribution in [-0.2, 0) is 12.8 Å². The number of nitrogens with zero attached hydrogens (tertiary/aromatic N) is 6. The SMILES string of the molecule is CN(c1cnccn1)C1CN(c2cc3c(nn2)CCCC3)C1. The Labute approximate surface area is 130 Å². The molecule has 2 aromatic heterocycles. The van der Waals surface area contributed by atoms with E-state index in [1.807, 2.05) is 0 Å². The minimum atomic E-state index is 0.453. The fourth-order valence-corrected chi connectivity index (χ4v) is 3.18. The Bertz CT molecular complexity index is 653. The lowest BCUT2D eigenvalue weighted by molar-refractivity contribution is 0.486. The van der Waals surface area contributed by atoms with Gasteiger partial charge in [-0.15, -0.1) is 5.10 Å². The average molecular weight is 296 g/mol. The van der Waals surface area contributed by atoms with Crippen LogP contribution in [0.1, 0.15) is 24.1 Å². The van der Waals surface area contributed by atoms with Gasteiger partial charge < -0.3 is 9.80 Å². The Balaban J connectivity index is 1.43. The van der Waals surface area contributed by atoms with Gasteiger partial charge >= 0.3 is 0 Å². The van der Waals surface area contributed by atoms with Crippen LogP contribution in [0.5, 0.6) is 0 Å². The van der Waals surface area contributed by atoms with Crippen molar-refractivity contribution < 1.29 is 0 Å². The van der Waals surface area contributed by atoms with Crippen molar-refractivity contribution in [2.45, 2.75) is 31.7 Å². The summed E-state index contributed by atoms with van der Waals surface area (Å²) in [4.78, 5) is 13.0. The number of aromatic nitrogens is 4. The van der Waals surface area contributed by atoms with Gasteiger partial charge in [-0.1, -0.05) is 0 Å². The van der Waals surface area contributed by atoms with Crippen LogP contribution in [0.15, 0.2) is 24.7 Å². The van der Waals surface area contributed by atoms with E-state index in [2.05, 4.69) is 43.1 Å². The molecule has 3 heterocycles. The Hall–Kier alpha value is -2.24. The van der Waals surface area contributed by atoms with Gasteiger partial charge in [-0.3, -0.25) is 4.98 Å². The van der Waals surface area contributed by atoms with Crippen LogP contribution >= 0.6 is 0 Å². The molecular formula is C16H20N6. The molecule has 0 radical (unpaired) electrons. The molecule has 2 aromatic rings. The fourth-order valence-electron chi connectivity index (χ4n) is 3.18. The van der Waals surface area contributed by atoms with E-state index in [-0.39, 0.29) is 0 Å². The Morgan fingerprint density at radius 3 is 2.82 bits per heavy atom. The van der Waals surface area contributed by atoms with E-state index in [0.717, 1.165) is 37.6 Å². The third kappa shape index (κ3) is 2.38. The Kier molecular flexibility index (Phi) is 3.36. The molecular weight excluding hydrogens is 276 g/mol. The van der Waals surface area contributed by atoms with Crippen molar-refractivity contribution in [1.82, 2.24) is 20.2 Å². The maximum Gasteiger partial charge on any atom is 0.151 e. The van der Waals surface area contributed by atoms with Crippen LogP contribution in [0.25, 0.3) is 0 Å². The molecule has 6 nitrogen and oxygen atoms in total. The van der Waals surface area contributed by atoms with Gasteiger partial charge in [-0.2, -0.15) is 5.10 Å². The standard InChI is InChI=1S/C16H20N6/c1-21(16-9-17-6-7-18-16)13-10-22(11-13)15-8-12-4-2-3-5-14(12)19-20-15/h6-9,13H,2-5,10-11H2,1H3. The average Bonchev–Trinajstić information content (AvgIpc) is 2.54. The quantitative estimate of drug-likeness (QED) is 0.855. The zero-order valence-electron chi connectivity index (χ0n) is 12.8. The van der Waals surface area contributed by atoms with Crippen molar-refractivity contribution in [2.24, 2.45) is 0 Å². The van der Waals surface area contributed by atoms with E-state index < -0.39 is 0 Å². The van der Waals surface area contributed by atoms with Crippen molar-refractivity contribution in [3.8, 4) is 0 Å². The van der Waals surface area contributed by atoms with Crippen LogP contribution in [0, 0.1) is 0 Å². The molecule has 0 atom stereocenters. The van der Waals surface area contributed by atoms with Gasteiger partial charge in [0, 0.05) is 32.5 Å². The third-order valence-electron chi connectivity index (χ3n) is 4.70. The topological polar surface area (TPSA) is 58.0 Å². The highest BCUT2D eigenvalue weighted by Gasteiger charge is 2.32. The predicted octanol–water partition coefficient (Wildman–Crippen LogP) is 1.47. The zero-order valence-corrected chi connectivity index (χ0v) is 12.8. The van der Waals surface area contributed by atoms with Gasteiger partial charge in [-0.25, -0.2) is 4.98 Å². The first kappa shape index (κ1) is 13.4. The highest BCUT2D eigenvalue weighted by atomic mass is 15.4. The second-order valence-electron chi connectivity index (χ2n) is 6.11. The summed E-state index contributed by atoms with van der Waals surface area (Å²) in [6.07, 6.45) is 9.99. The van der Waals surface area contributed by atoms with Crippen molar-refractivity contribution in [3.63, 3.8) is 0 Å². The van der Waals surface area contributed by atoms with Gasteiger partial charge in [-0.05, 0) is 37.3 Å². The van der Waals surface area contributed by atoms with E-state index in [9.17, 15) is 0 Å². The van der Waals surface area contributed by atoms with Crippen LogP contribution in [-0.4, -0.2) is 46.3 Å². The van der Waals surface area contributed by atoms with Crippen molar-refractivity contribution >= 4 is 11.6 Å². The lowest BCUT2D eigenvalue weighted by Crippen LogP contribution is -2.59. The lowest BCUT2D eigenvalue weighted by atomic mass is 9.96. The number of aryl methyl sites for hydroxylation is 2. The summed E-state index contributed by atoms with van der Waals surface area (Å²) < 4.78 is 0. The third-order valence-corrected chi connectivity index (χ3v) is 4.70. The lowest BCUT2D eigenvalue weighted by Gasteiger charge is -2.44. The molecule has 0 N–H and O–H groups in total. The van der Waals surface area contributed by atoms with Gasteiger partial charge in [0.1, 0.15) is 5.82 Å². The second-order valence-corrected chi connectivity index (χ2v) is 6.11. The molecule has 0 spiro atoms. The molecule has 4 rings (SSSR count). The number of rotatable bonds is 3. The molecule has 1 aliphatic carbocycles. The first-order valence-electron chi connectivity index (χ1n) is 7.90. The smallest absolute Gasteiger partial charge is 0.151 e. The number of likely N-dealkylation sites (N-methyl/N-ethyl adjacent to an activating group) is 1. The maximum absolute atomic E-state index is 4.42. The van der Waals surface area contributed by atoms with Gasteiger partial charge in [0.2, 0.25) is 0 Å². The van der Waals surface area contributed by atoms with Crippen molar-refractivity contribution in [2.75, 3.05) is 29.9 Å². The molecule has 1 fully saturated rings. The fraction of sp³-hybridized carbons (Fsp3) is 0.500. The van der Waals surface area contributed by atoms with E-state index in [1.165, 1.54) is 24.1 Å². The first-order chi connectivity index (χ1) is 10.8. The maximum atomic E-state index is 4.42. The van der Waals surface area contributed by atoms with Crippen molar-refractivity contribution in [1.29, 1.82) is 0 Å². The van der Waals surface area contributed by atoms with E-state index in [1.54, 1.807) is 18.6 Å². The highest BCUT2D eigenvalue weighted by molar-refractivity contribution is 5.48. The predicted molar refractivity (Wildman–Crippen MR) is 85.1 cm³/mol. The number of fused-ring (bicyclic) bond motifs is 1. The van der Waals surface area contributed by atoms with Crippen LogP contribution in [0.2, 0.25) is 0 Å². The van der Waals surface area contributed by atoms with E-state index in [4.69, 9.17) is 0 Å². The Morgan fingerprint density at radius 2 is 2.00 bits per heavy atom. The zero-order chi connectivity index (χ0) is 14.9. The first-order valence-corrected chi connectivity index (χ1v) is 7.90. The molecule has 114 valence electrons. The van der Waals surface area contributed by atoms with Gasteiger partial charge in [0.05, 0.1) is 17.9 Å². The second kappa shape index (κ2) is 5.51. The molecule has 0 aromatic carbocycles. The summed E-state index contributed by atoms with van der Waals surface area (Å²) in [6.45, 7) is 1.92. The largest absolute Gasteiger partial charge is 0.352 e. The summed E-state index contributed by atoms with van der Waals surface area (Å²) in [5, 5.41) is 8.83. The molecule has 1 saturated heterocycles. The summed E-state index contributed by atoms with van der Waals surface area (Å²) >= 11 is 0. The number of anilines is 2. The molecule has 1 aliphatic heterocycles.